The number of thiophene rings is 1. The van der Waals surface area contributed by atoms with Gasteiger partial charge in [-0.15, -0.1) is 11.3 Å². The molecule has 0 aromatic carbocycles. The third-order valence-electron chi connectivity index (χ3n) is 4.82. The van der Waals surface area contributed by atoms with Gasteiger partial charge in [-0.3, -0.25) is 0 Å². The molecule has 2 aliphatic rings. The smallest absolute Gasteiger partial charge is 0.252 e. The molecule has 2 heterocycles. The van der Waals surface area contributed by atoms with Crippen molar-refractivity contribution in [3.63, 3.8) is 0 Å². The standard InChI is InChI=1S/C14H22N2O3S2/c15-9-12-4-5-13(20-12)21(18,19)16-8-7-14(17)6-2-1-3-11(14)10-16/h4-5,11,17H,1-3,6-10,15H2. The SMILES string of the molecule is NCc1ccc(S(=O)(=O)N2CCC3(O)CCCCC3C2)s1. The first kappa shape index (κ1) is 15.4. The molecule has 5 nitrogen and oxygen atoms in total. The summed E-state index contributed by atoms with van der Waals surface area (Å²) in [5, 5.41) is 10.7. The molecule has 1 saturated carbocycles. The van der Waals surface area contributed by atoms with Crippen LogP contribution in [0, 0.1) is 5.92 Å². The molecule has 1 aromatic heterocycles. The lowest BCUT2D eigenvalue weighted by atomic mass is 9.72. The van der Waals surface area contributed by atoms with E-state index in [1.54, 1.807) is 16.4 Å². The Morgan fingerprint density at radius 1 is 1.38 bits per heavy atom. The third kappa shape index (κ3) is 2.77. The van der Waals surface area contributed by atoms with Crippen molar-refractivity contribution in [1.29, 1.82) is 0 Å². The largest absolute Gasteiger partial charge is 0.390 e. The van der Waals surface area contributed by atoms with E-state index in [1.165, 1.54) is 11.3 Å². The number of aliphatic hydroxyl groups is 1. The molecule has 1 aliphatic heterocycles. The second kappa shape index (κ2) is 5.62. The molecule has 0 radical (unpaired) electrons. The molecule has 2 unspecified atom stereocenters. The summed E-state index contributed by atoms with van der Waals surface area (Å²) in [7, 11) is -3.44. The lowest BCUT2D eigenvalue weighted by molar-refractivity contribution is -0.0816. The van der Waals surface area contributed by atoms with Crippen LogP contribution in [0.25, 0.3) is 0 Å². The quantitative estimate of drug-likeness (QED) is 0.880. The van der Waals surface area contributed by atoms with Gasteiger partial charge in [0.25, 0.3) is 10.0 Å². The van der Waals surface area contributed by atoms with Crippen molar-refractivity contribution in [1.82, 2.24) is 4.31 Å². The fraction of sp³-hybridized carbons (Fsp3) is 0.714. The van der Waals surface area contributed by atoms with Crippen LogP contribution in [0.15, 0.2) is 16.3 Å². The van der Waals surface area contributed by atoms with Crippen LogP contribution >= 0.6 is 11.3 Å². The summed E-state index contributed by atoms with van der Waals surface area (Å²) in [6.07, 6.45) is 4.40. The van der Waals surface area contributed by atoms with Gasteiger partial charge in [-0.2, -0.15) is 4.31 Å². The van der Waals surface area contributed by atoms with E-state index in [4.69, 9.17) is 5.73 Å². The van der Waals surface area contributed by atoms with Crippen molar-refractivity contribution in [2.45, 2.75) is 48.5 Å². The zero-order chi connectivity index (χ0) is 15.1. The number of piperidine rings is 1. The summed E-state index contributed by atoms with van der Waals surface area (Å²) in [5.41, 5.74) is 4.91. The minimum Gasteiger partial charge on any atom is -0.390 e. The van der Waals surface area contributed by atoms with Crippen molar-refractivity contribution < 1.29 is 13.5 Å². The van der Waals surface area contributed by atoms with Crippen molar-refractivity contribution in [3.05, 3.63) is 17.0 Å². The number of hydrogen-bond acceptors (Lipinski definition) is 5. The molecule has 2 atom stereocenters. The summed E-state index contributed by atoms with van der Waals surface area (Å²) >= 11 is 1.24. The lowest BCUT2D eigenvalue weighted by Gasteiger charge is -2.46. The van der Waals surface area contributed by atoms with E-state index in [0.29, 0.717) is 30.3 Å². The van der Waals surface area contributed by atoms with Gasteiger partial charge in [-0.05, 0) is 31.4 Å². The van der Waals surface area contributed by atoms with Crippen LogP contribution in [-0.2, 0) is 16.6 Å². The highest BCUT2D eigenvalue weighted by Crippen LogP contribution is 2.41. The number of nitrogens with two attached hydrogens (primary N) is 1. The maximum absolute atomic E-state index is 12.7. The molecule has 1 aliphatic carbocycles. The van der Waals surface area contributed by atoms with Crippen LogP contribution < -0.4 is 5.73 Å². The Labute approximate surface area is 129 Å². The zero-order valence-electron chi connectivity index (χ0n) is 12.0. The lowest BCUT2D eigenvalue weighted by Crippen LogP contribution is -2.54. The molecule has 118 valence electrons. The predicted molar refractivity (Wildman–Crippen MR) is 82.5 cm³/mol. The molecule has 21 heavy (non-hydrogen) atoms. The van der Waals surface area contributed by atoms with Crippen LogP contribution in [0.3, 0.4) is 0 Å². The summed E-state index contributed by atoms with van der Waals surface area (Å²) in [5.74, 6) is 0.0729. The Morgan fingerprint density at radius 3 is 2.90 bits per heavy atom. The maximum Gasteiger partial charge on any atom is 0.252 e. The highest BCUT2D eigenvalue weighted by Gasteiger charge is 2.45. The number of hydrogen-bond donors (Lipinski definition) is 2. The summed E-state index contributed by atoms with van der Waals surface area (Å²) in [4.78, 5) is 0.875. The minimum atomic E-state index is -3.44. The predicted octanol–water partition coefficient (Wildman–Crippen LogP) is 1.52. The van der Waals surface area contributed by atoms with E-state index >= 15 is 0 Å². The van der Waals surface area contributed by atoms with Crippen molar-refractivity contribution in [2.75, 3.05) is 13.1 Å². The maximum atomic E-state index is 12.7. The second-order valence-electron chi connectivity index (χ2n) is 6.08. The normalized spacial score (nSPS) is 31.0. The Kier molecular flexibility index (Phi) is 4.13. The fourth-order valence-corrected chi connectivity index (χ4v) is 6.37. The van der Waals surface area contributed by atoms with E-state index < -0.39 is 15.6 Å². The fourth-order valence-electron chi connectivity index (χ4n) is 3.49. The Morgan fingerprint density at radius 2 is 2.19 bits per heavy atom. The summed E-state index contributed by atoms with van der Waals surface area (Å²) < 4.78 is 27.3. The van der Waals surface area contributed by atoms with Gasteiger partial charge in [0.2, 0.25) is 0 Å². The van der Waals surface area contributed by atoms with E-state index in [0.717, 1.165) is 30.6 Å². The topological polar surface area (TPSA) is 83.6 Å². The second-order valence-corrected chi connectivity index (χ2v) is 9.42. The highest BCUT2D eigenvalue weighted by molar-refractivity contribution is 7.91. The Hall–Kier alpha value is -0.470. The van der Waals surface area contributed by atoms with Gasteiger partial charge in [0, 0.05) is 30.4 Å². The van der Waals surface area contributed by atoms with Crippen molar-refractivity contribution >= 4 is 21.4 Å². The van der Waals surface area contributed by atoms with Crippen LogP contribution in [0.4, 0.5) is 0 Å². The van der Waals surface area contributed by atoms with E-state index in [-0.39, 0.29) is 5.92 Å². The highest BCUT2D eigenvalue weighted by atomic mass is 32.2. The van der Waals surface area contributed by atoms with Gasteiger partial charge in [0.1, 0.15) is 4.21 Å². The van der Waals surface area contributed by atoms with Crippen LogP contribution in [-0.4, -0.2) is 36.5 Å². The van der Waals surface area contributed by atoms with Gasteiger partial charge < -0.3 is 10.8 Å². The van der Waals surface area contributed by atoms with E-state index in [2.05, 4.69) is 0 Å². The molecule has 1 aromatic rings. The van der Waals surface area contributed by atoms with Gasteiger partial charge in [-0.1, -0.05) is 12.8 Å². The molecule has 3 rings (SSSR count). The van der Waals surface area contributed by atoms with Crippen molar-refractivity contribution in [2.24, 2.45) is 11.7 Å². The average Bonchev–Trinajstić information content (AvgIpc) is 2.95. The number of rotatable bonds is 3. The Bertz CT molecular complexity index is 613. The molecule has 7 heteroatoms. The monoisotopic (exact) mass is 330 g/mol. The van der Waals surface area contributed by atoms with Gasteiger partial charge in [0.05, 0.1) is 5.60 Å². The molecule has 3 N–H and O–H groups in total. The number of nitrogens with zero attached hydrogens (tertiary/aromatic N) is 1. The summed E-state index contributed by atoms with van der Waals surface area (Å²) in [6.45, 7) is 1.21. The minimum absolute atomic E-state index is 0.0729. The molecule has 0 amide bonds. The van der Waals surface area contributed by atoms with Crippen LogP contribution in [0.5, 0.6) is 0 Å². The molecule has 0 bridgehead atoms. The first-order valence-electron chi connectivity index (χ1n) is 7.47. The molecule has 0 spiro atoms. The number of fused-ring (bicyclic) bond motifs is 1. The van der Waals surface area contributed by atoms with Gasteiger partial charge >= 0.3 is 0 Å². The zero-order valence-corrected chi connectivity index (χ0v) is 13.6. The van der Waals surface area contributed by atoms with E-state index in [1.807, 2.05) is 0 Å². The third-order valence-corrected chi connectivity index (χ3v) is 8.26. The Balaban J connectivity index is 1.81. The molecule has 1 saturated heterocycles. The first-order valence-corrected chi connectivity index (χ1v) is 9.73. The van der Waals surface area contributed by atoms with Gasteiger partial charge in [0.15, 0.2) is 0 Å². The van der Waals surface area contributed by atoms with Gasteiger partial charge in [-0.25, -0.2) is 8.42 Å². The summed E-state index contributed by atoms with van der Waals surface area (Å²) in [6, 6.07) is 3.42. The van der Waals surface area contributed by atoms with Crippen molar-refractivity contribution in [3.8, 4) is 0 Å². The molecular formula is C14H22N2O3S2. The molecular weight excluding hydrogens is 308 g/mol. The van der Waals surface area contributed by atoms with E-state index in [9.17, 15) is 13.5 Å². The van der Waals surface area contributed by atoms with Crippen LogP contribution in [0.2, 0.25) is 0 Å². The molecule has 2 fully saturated rings. The average molecular weight is 330 g/mol. The number of sulfonamides is 1. The first-order chi connectivity index (χ1) is 9.95. The van der Waals surface area contributed by atoms with Crippen LogP contribution in [0.1, 0.15) is 37.0 Å².